The highest BCUT2D eigenvalue weighted by molar-refractivity contribution is 8.13. The number of hydrogen-bond acceptors (Lipinski definition) is 4. The van der Waals surface area contributed by atoms with Gasteiger partial charge in [0, 0.05) is 22.6 Å². The molecule has 2 aliphatic rings. The van der Waals surface area contributed by atoms with Crippen molar-refractivity contribution in [3.63, 3.8) is 0 Å². The Morgan fingerprint density at radius 3 is 2.76 bits per heavy atom. The Hall–Kier alpha value is -1.08. The van der Waals surface area contributed by atoms with Crippen LogP contribution in [0.2, 0.25) is 0 Å². The normalized spacial score (nSPS) is 24.9. The van der Waals surface area contributed by atoms with E-state index in [2.05, 4.69) is 22.4 Å². The number of H-pyrrole nitrogens is 1. The molecule has 1 aromatic heterocycles. The third-order valence-electron chi connectivity index (χ3n) is 4.09. The summed E-state index contributed by atoms with van der Waals surface area (Å²) in [6.07, 6.45) is 4.88. The van der Waals surface area contributed by atoms with Crippen LogP contribution in [0, 0.1) is 5.92 Å². The Bertz CT molecular complexity index is 666. The minimum Gasteiger partial charge on any atom is -0.348 e. The van der Waals surface area contributed by atoms with Crippen LogP contribution in [0.4, 0.5) is 0 Å². The third kappa shape index (κ3) is 3.08. The zero-order valence-electron chi connectivity index (χ0n) is 11.7. The molecule has 2 saturated carbocycles. The molecule has 6 nitrogen and oxygen atoms in total. The Morgan fingerprint density at radius 1 is 1.48 bits per heavy atom. The fraction of sp³-hybridized carbons (Fsp3) is 0.692. The van der Waals surface area contributed by atoms with Gasteiger partial charge >= 0.3 is 0 Å². The second-order valence-electron chi connectivity index (χ2n) is 5.89. The van der Waals surface area contributed by atoms with Gasteiger partial charge in [-0.15, -0.1) is 0 Å². The number of amides is 1. The van der Waals surface area contributed by atoms with Gasteiger partial charge in [0.25, 0.3) is 15.0 Å². The molecule has 116 valence electrons. The van der Waals surface area contributed by atoms with E-state index in [4.69, 9.17) is 10.7 Å². The van der Waals surface area contributed by atoms with Gasteiger partial charge in [-0.2, -0.15) is 5.10 Å². The lowest BCUT2D eigenvalue weighted by Gasteiger charge is -2.04. The van der Waals surface area contributed by atoms with Crippen LogP contribution in [-0.4, -0.2) is 30.6 Å². The highest BCUT2D eigenvalue weighted by Gasteiger charge is 2.40. The van der Waals surface area contributed by atoms with E-state index in [1.165, 1.54) is 0 Å². The molecule has 0 aromatic carbocycles. The lowest BCUT2D eigenvalue weighted by Crippen LogP contribution is -2.28. The number of carbonyl (C=O) groups is 1. The second kappa shape index (κ2) is 5.28. The van der Waals surface area contributed by atoms with Gasteiger partial charge in [-0.05, 0) is 31.6 Å². The summed E-state index contributed by atoms with van der Waals surface area (Å²) in [5, 5.41) is 9.42. The maximum Gasteiger partial charge on any atom is 0.273 e. The van der Waals surface area contributed by atoms with Gasteiger partial charge in [0.05, 0.1) is 5.69 Å². The molecule has 1 aromatic rings. The summed E-state index contributed by atoms with van der Waals surface area (Å²) < 4.78 is 23.5. The van der Waals surface area contributed by atoms with E-state index in [-0.39, 0.29) is 22.5 Å². The first-order valence-electron chi connectivity index (χ1n) is 7.25. The van der Waals surface area contributed by atoms with E-state index < -0.39 is 15.0 Å². The van der Waals surface area contributed by atoms with Crippen molar-refractivity contribution in [1.82, 2.24) is 15.5 Å². The van der Waals surface area contributed by atoms with E-state index in [0.29, 0.717) is 11.6 Å². The molecule has 2 fully saturated rings. The fourth-order valence-corrected chi connectivity index (χ4v) is 4.06. The van der Waals surface area contributed by atoms with Crippen molar-refractivity contribution in [2.75, 3.05) is 0 Å². The predicted octanol–water partition coefficient (Wildman–Crippen LogP) is 2.13. The first kappa shape index (κ1) is 14.8. The van der Waals surface area contributed by atoms with Crippen molar-refractivity contribution in [3.05, 3.63) is 11.4 Å². The Morgan fingerprint density at radius 2 is 2.19 bits per heavy atom. The van der Waals surface area contributed by atoms with Crippen LogP contribution in [0.25, 0.3) is 0 Å². The molecule has 2 N–H and O–H groups in total. The highest BCUT2D eigenvalue weighted by atomic mass is 35.7. The lowest BCUT2D eigenvalue weighted by molar-refractivity contribution is 0.0940. The molecular formula is C13H18ClN3O3S. The fourth-order valence-electron chi connectivity index (χ4n) is 2.75. The SMILES string of the molecule is CCCC1CC1NC(=O)c1n[nH]c(C2CC2)c1S(=O)(=O)Cl. The highest BCUT2D eigenvalue weighted by Crippen LogP contribution is 2.43. The zero-order valence-corrected chi connectivity index (χ0v) is 13.3. The maximum absolute atomic E-state index is 12.3. The summed E-state index contributed by atoms with van der Waals surface area (Å²) in [7, 11) is 1.50. The number of hydrogen-bond donors (Lipinski definition) is 2. The minimum absolute atomic E-state index is 0.103. The first-order valence-corrected chi connectivity index (χ1v) is 9.56. The van der Waals surface area contributed by atoms with E-state index in [1.807, 2.05) is 0 Å². The summed E-state index contributed by atoms with van der Waals surface area (Å²) in [5.41, 5.74) is 0.366. The number of aromatic amines is 1. The topological polar surface area (TPSA) is 91.9 Å². The average molecular weight is 332 g/mol. The van der Waals surface area contributed by atoms with Gasteiger partial charge in [-0.3, -0.25) is 9.89 Å². The summed E-state index contributed by atoms with van der Waals surface area (Å²) in [4.78, 5) is 12.1. The number of halogens is 1. The van der Waals surface area contributed by atoms with Crippen LogP contribution < -0.4 is 5.32 Å². The Labute approximate surface area is 128 Å². The smallest absolute Gasteiger partial charge is 0.273 e. The average Bonchev–Trinajstić information content (AvgIpc) is 3.30. The first-order chi connectivity index (χ1) is 9.91. The molecule has 2 unspecified atom stereocenters. The number of nitrogens with one attached hydrogen (secondary N) is 2. The molecule has 1 heterocycles. The Balaban J connectivity index is 1.80. The second-order valence-corrected chi connectivity index (χ2v) is 8.39. The predicted molar refractivity (Wildman–Crippen MR) is 77.9 cm³/mol. The van der Waals surface area contributed by atoms with E-state index in [1.54, 1.807) is 0 Å². The van der Waals surface area contributed by atoms with E-state index in [0.717, 1.165) is 32.1 Å². The monoisotopic (exact) mass is 331 g/mol. The van der Waals surface area contributed by atoms with Gasteiger partial charge in [0.15, 0.2) is 5.69 Å². The molecule has 2 aliphatic carbocycles. The van der Waals surface area contributed by atoms with Gasteiger partial charge in [-0.25, -0.2) is 8.42 Å². The summed E-state index contributed by atoms with van der Waals surface area (Å²) in [5.74, 6) is 0.161. The van der Waals surface area contributed by atoms with Gasteiger partial charge in [0.2, 0.25) is 0 Å². The van der Waals surface area contributed by atoms with Crippen LogP contribution >= 0.6 is 10.7 Å². The summed E-state index contributed by atoms with van der Waals surface area (Å²) in [6, 6.07) is 0.129. The largest absolute Gasteiger partial charge is 0.348 e. The molecular weight excluding hydrogens is 314 g/mol. The molecule has 8 heteroatoms. The van der Waals surface area contributed by atoms with Crippen LogP contribution in [0.5, 0.6) is 0 Å². The lowest BCUT2D eigenvalue weighted by atomic mass is 10.2. The number of carbonyl (C=O) groups excluding carboxylic acids is 1. The number of rotatable bonds is 6. The molecule has 0 radical (unpaired) electrons. The van der Waals surface area contributed by atoms with Crippen LogP contribution in [-0.2, 0) is 9.05 Å². The van der Waals surface area contributed by atoms with E-state index in [9.17, 15) is 13.2 Å². The van der Waals surface area contributed by atoms with Gasteiger partial charge in [-0.1, -0.05) is 13.3 Å². The van der Waals surface area contributed by atoms with Gasteiger partial charge in [0.1, 0.15) is 4.90 Å². The van der Waals surface area contributed by atoms with Crippen molar-refractivity contribution >= 4 is 25.6 Å². The molecule has 0 bridgehead atoms. The minimum atomic E-state index is -3.99. The summed E-state index contributed by atoms with van der Waals surface area (Å²) >= 11 is 0. The zero-order chi connectivity index (χ0) is 15.2. The molecule has 1 amide bonds. The van der Waals surface area contributed by atoms with E-state index >= 15 is 0 Å². The maximum atomic E-state index is 12.3. The van der Waals surface area contributed by atoms with Crippen molar-refractivity contribution in [3.8, 4) is 0 Å². The van der Waals surface area contributed by atoms with Crippen molar-refractivity contribution < 1.29 is 13.2 Å². The standard InChI is InChI=1S/C13H18ClN3O3S/c1-2-3-8-6-9(8)15-13(18)11-12(21(14,19)20)10(16-17-11)7-4-5-7/h7-9H,2-6H2,1H3,(H,15,18)(H,16,17). The van der Waals surface area contributed by atoms with Crippen molar-refractivity contribution in [2.45, 2.75) is 55.9 Å². The molecule has 0 spiro atoms. The molecule has 2 atom stereocenters. The van der Waals surface area contributed by atoms with Crippen LogP contribution in [0.15, 0.2) is 4.90 Å². The van der Waals surface area contributed by atoms with Crippen molar-refractivity contribution in [1.29, 1.82) is 0 Å². The molecule has 0 saturated heterocycles. The summed E-state index contributed by atoms with van der Waals surface area (Å²) in [6.45, 7) is 2.10. The molecule has 3 rings (SSSR count). The molecule has 0 aliphatic heterocycles. The van der Waals surface area contributed by atoms with Crippen molar-refractivity contribution in [2.24, 2.45) is 5.92 Å². The number of nitrogens with zero attached hydrogens (tertiary/aromatic N) is 1. The third-order valence-corrected chi connectivity index (χ3v) is 5.45. The molecule has 21 heavy (non-hydrogen) atoms. The van der Waals surface area contributed by atoms with Crippen LogP contribution in [0.3, 0.4) is 0 Å². The van der Waals surface area contributed by atoms with Gasteiger partial charge < -0.3 is 5.32 Å². The quantitative estimate of drug-likeness (QED) is 0.781. The number of aromatic nitrogens is 2. The Kier molecular flexibility index (Phi) is 3.73. The van der Waals surface area contributed by atoms with Crippen LogP contribution in [0.1, 0.15) is 61.1 Å².